The van der Waals surface area contributed by atoms with Gasteiger partial charge in [0, 0.05) is 11.8 Å². The third-order valence-corrected chi connectivity index (χ3v) is 3.63. The fourth-order valence-electron chi connectivity index (χ4n) is 1.52. The molecule has 2 aromatic rings. The highest BCUT2D eigenvalue weighted by atomic mass is 32.2. The number of benzene rings is 1. The minimum absolute atomic E-state index is 0.109. The molecule has 0 bridgehead atoms. The van der Waals surface area contributed by atoms with Gasteiger partial charge in [0.25, 0.3) is 5.91 Å². The molecule has 98 valence electrons. The van der Waals surface area contributed by atoms with Crippen molar-refractivity contribution in [2.24, 2.45) is 5.73 Å². The van der Waals surface area contributed by atoms with Gasteiger partial charge in [-0.25, -0.2) is 18.4 Å². The highest BCUT2D eigenvalue weighted by Gasteiger charge is 2.09. The van der Waals surface area contributed by atoms with Crippen molar-refractivity contribution in [3.63, 3.8) is 0 Å². The first kappa shape index (κ1) is 13.2. The van der Waals surface area contributed by atoms with Crippen LogP contribution in [0.15, 0.2) is 41.6 Å². The van der Waals surface area contributed by atoms with Crippen LogP contribution >= 0.6 is 0 Å². The van der Waals surface area contributed by atoms with E-state index in [1.165, 1.54) is 24.5 Å². The van der Waals surface area contributed by atoms with Crippen LogP contribution in [0, 0.1) is 0 Å². The summed E-state index contributed by atoms with van der Waals surface area (Å²) < 4.78 is 22.7. The van der Waals surface area contributed by atoms with Crippen molar-refractivity contribution in [3.8, 4) is 11.3 Å². The molecule has 19 heavy (non-hydrogen) atoms. The van der Waals surface area contributed by atoms with E-state index >= 15 is 0 Å². The summed E-state index contributed by atoms with van der Waals surface area (Å²) >= 11 is 0. The quantitative estimate of drug-likeness (QED) is 0.887. The summed E-state index contributed by atoms with van der Waals surface area (Å²) in [5.74, 6) is -0.642. The molecule has 6 nitrogen and oxygen atoms in total. The van der Waals surface area contributed by atoms with E-state index in [0.717, 1.165) is 6.26 Å². The van der Waals surface area contributed by atoms with Gasteiger partial charge in [-0.2, -0.15) is 0 Å². The van der Waals surface area contributed by atoms with Crippen LogP contribution in [-0.2, 0) is 9.84 Å². The Hall–Kier alpha value is -2.28. The number of primary amides is 1. The zero-order chi connectivity index (χ0) is 14.0. The van der Waals surface area contributed by atoms with E-state index in [9.17, 15) is 13.2 Å². The summed E-state index contributed by atoms with van der Waals surface area (Å²) in [6, 6.07) is 7.65. The first-order valence-electron chi connectivity index (χ1n) is 5.30. The molecule has 7 heteroatoms. The van der Waals surface area contributed by atoms with Crippen LogP contribution in [0.4, 0.5) is 0 Å². The Labute approximate surface area is 110 Å². The lowest BCUT2D eigenvalue weighted by molar-refractivity contribution is 0.0995. The average molecular weight is 277 g/mol. The number of amides is 1. The van der Waals surface area contributed by atoms with Crippen LogP contribution in [0.1, 0.15) is 10.5 Å². The summed E-state index contributed by atoms with van der Waals surface area (Å²) in [5.41, 5.74) is 6.42. The van der Waals surface area contributed by atoms with E-state index in [-0.39, 0.29) is 10.6 Å². The topological polar surface area (TPSA) is 103 Å². The Balaban J connectivity index is 2.43. The Morgan fingerprint density at radius 2 is 1.79 bits per heavy atom. The summed E-state index contributed by atoms with van der Waals surface area (Å²) in [6.45, 7) is 0. The molecule has 0 aliphatic carbocycles. The van der Waals surface area contributed by atoms with Gasteiger partial charge >= 0.3 is 0 Å². The zero-order valence-electron chi connectivity index (χ0n) is 10.1. The predicted octanol–water partition coefficient (Wildman–Crippen LogP) is 0.646. The lowest BCUT2D eigenvalue weighted by Gasteiger charge is -2.03. The van der Waals surface area contributed by atoms with Crippen LogP contribution in [0.3, 0.4) is 0 Å². The van der Waals surface area contributed by atoms with Crippen molar-refractivity contribution in [2.45, 2.75) is 4.90 Å². The number of sulfone groups is 1. The van der Waals surface area contributed by atoms with Gasteiger partial charge in [-0.05, 0) is 18.2 Å². The molecular weight excluding hydrogens is 266 g/mol. The maximum absolute atomic E-state index is 11.3. The number of carbonyl (C=O) groups excluding carboxylic acids is 1. The summed E-state index contributed by atoms with van der Waals surface area (Å²) in [7, 11) is -3.23. The maximum atomic E-state index is 11.3. The number of carbonyl (C=O) groups is 1. The molecule has 0 aliphatic rings. The van der Waals surface area contributed by atoms with Gasteiger partial charge in [0.1, 0.15) is 12.0 Å². The van der Waals surface area contributed by atoms with E-state index in [4.69, 9.17) is 5.73 Å². The smallest absolute Gasteiger partial charge is 0.267 e. The molecule has 1 heterocycles. The fraction of sp³-hybridized carbons (Fsp3) is 0.0833. The minimum atomic E-state index is -3.23. The second-order valence-electron chi connectivity index (χ2n) is 3.95. The number of hydrogen-bond acceptors (Lipinski definition) is 5. The van der Waals surface area contributed by atoms with Crippen molar-refractivity contribution in [3.05, 3.63) is 42.4 Å². The van der Waals surface area contributed by atoms with Gasteiger partial charge in [0.15, 0.2) is 9.84 Å². The van der Waals surface area contributed by atoms with Crippen LogP contribution in [-0.4, -0.2) is 30.5 Å². The Kier molecular flexibility index (Phi) is 3.30. The average Bonchev–Trinajstić information content (AvgIpc) is 2.38. The molecule has 2 rings (SSSR count). The van der Waals surface area contributed by atoms with E-state index < -0.39 is 15.7 Å². The third-order valence-electron chi connectivity index (χ3n) is 2.50. The van der Waals surface area contributed by atoms with E-state index in [0.29, 0.717) is 11.3 Å². The van der Waals surface area contributed by atoms with Gasteiger partial charge in [-0.15, -0.1) is 0 Å². The van der Waals surface area contributed by atoms with Crippen LogP contribution in [0.5, 0.6) is 0 Å². The first-order chi connectivity index (χ1) is 8.88. The van der Waals surface area contributed by atoms with Gasteiger partial charge in [0.05, 0.1) is 10.6 Å². The Bertz CT molecular complexity index is 724. The van der Waals surface area contributed by atoms with Crippen LogP contribution in [0.2, 0.25) is 0 Å². The molecular formula is C12H11N3O3S. The number of hydrogen-bond donors (Lipinski definition) is 1. The summed E-state index contributed by atoms with van der Waals surface area (Å²) in [6.07, 6.45) is 2.37. The fourth-order valence-corrected chi connectivity index (χ4v) is 2.15. The van der Waals surface area contributed by atoms with Gasteiger partial charge < -0.3 is 5.73 Å². The normalized spacial score (nSPS) is 11.2. The monoisotopic (exact) mass is 277 g/mol. The number of rotatable bonds is 3. The van der Waals surface area contributed by atoms with Gasteiger partial charge in [0.2, 0.25) is 0 Å². The highest BCUT2D eigenvalue weighted by Crippen LogP contribution is 2.19. The van der Waals surface area contributed by atoms with E-state index in [2.05, 4.69) is 9.97 Å². The standard InChI is InChI=1S/C12H11N3O3S/c1-19(17,18)9-4-2-8(3-5-9)10-6-11(12(13)16)15-7-14-10/h2-7H,1H3,(H2,13,16). The van der Waals surface area contributed by atoms with Crippen molar-refractivity contribution in [1.29, 1.82) is 0 Å². The SMILES string of the molecule is CS(=O)(=O)c1ccc(-c2cc(C(N)=O)ncn2)cc1. The van der Waals surface area contributed by atoms with Crippen molar-refractivity contribution in [2.75, 3.05) is 6.26 Å². The number of aromatic nitrogens is 2. The predicted molar refractivity (Wildman–Crippen MR) is 69.1 cm³/mol. The molecule has 0 unspecified atom stereocenters. The van der Waals surface area contributed by atoms with Crippen LogP contribution < -0.4 is 5.73 Å². The molecule has 0 radical (unpaired) electrons. The molecule has 1 aromatic heterocycles. The second-order valence-corrected chi connectivity index (χ2v) is 5.97. The van der Waals surface area contributed by atoms with Gasteiger partial charge in [-0.3, -0.25) is 4.79 Å². The molecule has 0 aliphatic heterocycles. The van der Waals surface area contributed by atoms with Crippen LogP contribution in [0.25, 0.3) is 11.3 Å². The first-order valence-corrected chi connectivity index (χ1v) is 7.19. The van der Waals surface area contributed by atoms with Crippen molar-refractivity contribution in [1.82, 2.24) is 9.97 Å². The summed E-state index contributed by atoms with van der Waals surface area (Å²) in [4.78, 5) is 19.0. The van der Waals surface area contributed by atoms with E-state index in [1.807, 2.05) is 0 Å². The summed E-state index contributed by atoms with van der Waals surface area (Å²) in [5, 5.41) is 0. The largest absolute Gasteiger partial charge is 0.364 e. The second kappa shape index (κ2) is 4.77. The number of nitrogens with zero attached hydrogens (tertiary/aromatic N) is 2. The molecule has 0 spiro atoms. The zero-order valence-corrected chi connectivity index (χ0v) is 10.9. The lowest BCUT2D eigenvalue weighted by atomic mass is 10.1. The minimum Gasteiger partial charge on any atom is -0.364 e. The molecule has 0 atom stereocenters. The lowest BCUT2D eigenvalue weighted by Crippen LogP contribution is -2.13. The molecule has 1 aromatic carbocycles. The Morgan fingerprint density at radius 1 is 1.16 bits per heavy atom. The molecule has 1 amide bonds. The maximum Gasteiger partial charge on any atom is 0.267 e. The molecule has 0 fully saturated rings. The number of nitrogens with two attached hydrogens (primary N) is 1. The highest BCUT2D eigenvalue weighted by molar-refractivity contribution is 7.90. The van der Waals surface area contributed by atoms with Gasteiger partial charge in [-0.1, -0.05) is 12.1 Å². The molecule has 2 N–H and O–H groups in total. The van der Waals surface area contributed by atoms with E-state index in [1.54, 1.807) is 12.1 Å². The van der Waals surface area contributed by atoms with Crippen molar-refractivity contribution >= 4 is 15.7 Å². The molecule has 0 saturated heterocycles. The third kappa shape index (κ3) is 2.94. The Morgan fingerprint density at radius 3 is 2.32 bits per heavy atom. The van der Waals surface area contributed by atoms with Crippen molar-refractivity contribution < 1.29 is 13.2 Å². The molecule has 0 saturated carbocycles.